The fraction of sp³-hybridized carbons (Fsp3) is 0.435. The third kappa shape index (κ3) is 5.53. The largest absolute Gasteiger partial charge is 0.492 e. The molecule has 0 aromatic heterocycles. The molecule has 0 radical (unpaired) electrons. The van der Waals surface area contributed by atoms with E-state index in [2.05, 4.69) is 5.32 Å². The molecule has 1 aliphatic rings. The van der Waals surface area contributed by atoms with Gasteiger partial charge >= 0.3 is 0 Å². The summed E-state index contributed by atoms with van der Waals surface area (Å²) < 4.78 is 33.6. The van der Waals surface area contributed by atoms with Crippen LogP contribution in [0.1, 0.15) is 39.0 Å². The van der Waals surface area contributed by atoms with Crippen molar-refractivity contribution < 1.29 is 17.9 Å². The highest BCUT2D eigenvalue weighted by molar-refractivity contribution is 7.92. The van der Waals surface area contributed by atoms with Crippen molar-refractivity contribution in [2.75, 3.05) is 24.0 Å². The van der Waals surface area contributed by atoms with Crippen LogP contribution in [0.25, 0.3) is 0 Å². The van der Waals surface area contributed by atoms with E-state index >= 15 is 0 Å². The van der Waals surface area contributed by atoms with Crippen LogP contribution >= 0.6 is 0 Å². The second-order valence-corrected chi connectivity index (χ2v) is 9.40. The van der Waals surface area contributed by atoms with Gasteiger partial charge in [0, 0.05) is 6.54 Å². The molecule has 0 atom stereocenters. The number of hydrogen-bond acceptors (Lipinski definition) is 4. The van der Waals surface area contributed by atoms with Gasteiger partial charge in [0.05, 0.1) is 17.2 Å². The van der Waals surface area contributed by atoms with E-state index in [-0.39, 0.29) is 17.3 Å². The molecule has 2 aromatic rings. The lowest BCUT2D eigenvalue weighted by molar-refractivity contribution is -0.119. The summed E-state index contributed by atoms with van der Waals surface area (Å²) in [5.74, 6) is 0.587. The van der Waals surface area contributed by atoms with Crippen molar-refractivity contribution in [1.29, 1.82) is 0 Å². The number of nitrogens with zero attached hydrogens (tertiary/aromatic N) is 1. The molecule has 2 aromatic carbocycles. The van der Waals surface area contributed by atoms with Gasteiger partial charge in [0.2, 0.25) is 5.91 Å². The van der Waals surface area contributed by atoms with Crippen LogP contribution in [0.5, 0.6) is 5.75 Å². The number of amides is 1. The quantitative estimate of drug-likeness (QED) is 0.653. The van der Waals surface area contributed by atoms with Gasteiger partial charge in [0.1, 0.15) is 12.3 Å². The number of sulfonamides is 1. The van der Waals surface area contributed by atoms with Crippen LogP contribution in [0, 0.1) is 5.92 Å². The zero-order valence-electron chi connectivity index (χ0n) is 17.4. The van der Waals surface area contributed by atoms with Crippen LogP contribution in [0.3, 0.4) is 0 Å². The maximum absolute atomic E-state index is 13.4. The maximum atomic E-state index is 13.4. The molecule has 0 spiro atoms. The molecule has 3 rings (SSSR count). The Morgan fingerprint density at radius 3 is 2.40 bits per heavy atom. The molecule has 6 nitrogen and oxygen atoms in total. The minimum atomic E-state index is -3.94. The Hall–Kier alpha value is -2.54. The van der Waals surface area contributed by atoms with Crippen molar-refractivity contribution in [1.82, 2.24) is 5.32 Å². The van der Waals surface area contributed by atoms with E-state index in [0.29, 0.717) is 30.5 Å². The average molecular weight is 431 g/mol. The van der Waals surface area contributed by atoms with Crippen LogP contribution in [0.2, 0.25) is 0 Å². The fourth-order valence-corrected chi connectivity index (χ4v) is 5.25. The predicted molar refractivity (Wildman–Crippen MR) is 118 cm³/mol. The summed E-state index contributed by atoms with van der Waals surface area (Å²) in [7, 11) is -3.94. The first-order valence-corrected chi connectivity index (χ1v) is 12.0. The lowest BCUT2D eigenvalue weighted by Crippen LogP contribution is -2.42. The average Bonchev–Trinajstić information content (AvgIpc) is 2.78. The first-order valence-electron chi connectivity index (χ1n) is 10.6. The molecular formula is C23H30N2O4S. The van der Waals surface area contributed by atoms with Crippen molar-refractivity contribution in [3.63, 3.8) is 0 Å². The third-order valence-electron chi connectivity index (χ3n) is 5.36. The zero-order valence-corrected chi connectivity index (χ0v) is 18.2. The standard InChI is InChI=1S/C23H30N2O4S/c1-2-29-22-16-10-9-15-21(22)25(30(27,28)20-13-7-4-8-14-20)18-23(26)24-17-19-11-5-3-6-12-19/h4,7-10,13-16,19H,2-3,5-6,11-12,17-18H2,1H3,(H,24,26). The Kier molecular flexibility index (Phi) is 7.74. The van der Waals surface area contributed by atoms with Gasteiger partial charge in [-0.1, -0.05) is 49.6 Å². The predicted octanol–water partition coefficient (Wildman–Crippen LogP) is 3.98. The van der Waals surface area contributed by atoms with Gasteiger partial charge in [0.25, 0.3) is 10.0 Å². The summed E-state index contributed by atoms with van der Waals surface area (Å²) in [6.45, 7) is 2.52. The van der Waals surface area contributed by atoms with Gasteiger partial charge < -0.3 is 10.1 Å². The molecule has 1 amide bonds. The second-order valence-electron chi connectivity index (χ2n) is 7.53. The molecule has 162 valence electrons. The van der Waals surface area contributed by atoms with E-state index in [1.165, 1.54) is 31.4 Å². The maximum Gasteiger partial charge on any atom is 0.264 e. The summed E-state index contributed by atoms with van der Waals surface area (Å²) in [5.41, 5.74) is 0.357. The van der Waals surface area contributed by atoms with Crippen molar-refractivity contribution in [3.8, 4) is 5.75 Å². The van der Waals surface area contributed by atoms with Crippen molar-refractivity contribution in [2.24, 2.45) is 5.92 Å². The van der Waals surface area contributed by atoms with Gasteiger partial charge in [-0.25, -0.2) is 8.42 Å². The second kappa shape index (κ2) is 10.5. The monoisotopic (exact) mass is 430 g/mol. The van der Waals surface area contributed by atoms with Crippen LogP contribution in [0.4, 0.5) is 5.69 Å². The molecule has 0 bridgehead atoms. The van der Waals surface area contributed by atoms with E-state index in [1.807, 2.05) is 6.92 Å². The molecule has 0 saturated heterocycles. The normalized spacial score (nSPS) is 14.8. The fourth-order valence-electron chi connectivity index (χ4n) is 3.80. The van der Waals surface area contributed by atoms with Crippen LogP contribution in [0.15, 0.2) is 59.5 Å². The summed E-state index contributed by atoms with van der Waals surface area (Å²) in [4.78, 5) is 12.9. The number of rotatable bonds is 9. The van der Waals surface area contributed by atoms with Gasteiger partial charge in [-0.3, -0.25) is 9.10 Å². The Balaban J connectivity index is 1.85. The van der Waals surface area contributed by atoms with E-state index < -0.39 is 10.0 Å². The number of ether oxygens (including phenoxy) is 1. The SMILES string of the molecule is CCOc1ccccc1N(CC(=O)NCC1CCCCC1)S(=O)(=O)c1ccccc1. The Labute approximate surface area is 179 Å². The summed E-state index contributed by atoms with van der Waals surface area (Å²) in [5, 5.41) is 2.94. The first-order chi connectivity index (χ1) is 14.5. The molecule has 0 heterocycles. The number of carbonyl (C=O) groups is 1. The lowest BCUT2D eigenvalue weighted by Gasteiger charge is -2.27. The van der Waals surface area contributed by atoms with E-state index in [9.17, 15) is 13.2 Å². The molecule has 0 aliphatic heterocycles. The minimum Gasteiger partial charge on any atom is -0.492 e. The highest BCUT2D eigenvalue weighted by Gasteiger charge is 2.29. The molecule has 1 aliphatic carbocycles. The van der Waals surface area contributed by atoms with Crippen molar-refractivity contribution >= 4 is 21.6 Å². The van der Waals surface area contributed by atoms with Crippen LogP contribution < -0.4 is 14.4 Å². The Morgan fingerprint density at radius 1 is 1.03 bits per heavy atom. The molecule has 7 heteroatoms. The van der Waals surface area contributed by atoms with E-state index in [1.54, 1.807) is 42.5 Å². The molecule has 0 unspecified atom stereocenters. The number of carbonyl (C=O) groups excluding carboxylic acids is 1. The Bertz CT molecular complexity index is 925. The van der Waals surface area contributed by atoms with Crippen LogP contribution in [-0.4, -0.2) is 34.0 Å². The molecule has 1 N–H and O–H groups in total. The van der Waals surface area contributed by atoms with Gasteiger partial charge in [-0.2, -0.15) is 0 Å². The first kappa shape index (κ1) is 22.2. The third-order valence-corrected chi connectivity index (χ3v) is 7.14. The molecule has 1 saturated carbocycles. The lowest BCUT2D eigenvalue weighted by atomic mass is 9.89. The van der Waals surface area contributed by atoms with E-state index in [4.69, 9.17) is 4.74 Å². The molecule has 30 heavy (non-hydrogen) atoms. The number of nitrogens with one attached hydrogen (secondary N) is 1. The number of hydrogen-bond donors (Lipinski definition) is 1. The topological polar surface area (TPSA) is 75.7 Å². The summed E-state index contributed by atoms with van der Waals surface area (Å²) in [6, 6.07) is 15.1. The number of benzene rings is 2. The van der Waals surface area contributed by atoms with Gasteiger partial charge in [0.15, 0.2) is 0 Å². The minimum absolute atomic E-state index is 0.136. The molecular weight excluding hydrogens is 400 g/mol. The summed E-state index contributed by atoms with van der Waals surface area (Å²) >= 11 is 0. The highest BCUT2D eigenvalue weighted by Crippen LogP contribution is 2.32. The van der Waals surface area contributed by atoms with Crippen molar-refractivity contribution in [3.05, 3.63) is 54.6 Å². The number of anilines is 1. The molecule has 1 fully saturated rings. The van der Waals surface area contributed by atoms with Gasteiger partial charge in [-0.15, -0.1) is 0 Å². The van der Waals surface area contributed by atoms with Crippen LogP contribution in [-0.2, 0) is 14.8 Å². The Morgan fingerprint density at radius 2 is 1.70 bits per heavy atom. The van der Waals surface area contributed by atoms with Gasteiger partial charge in [-0.05, 0) is 49.9 Å². The zero-order chi connectivity index (χ0) is 21.4. The number of para-hydroxylation sites is 2. The van der Waals surface area contributed by atoms with Crippen molar-refractivity contribution in [2.45, 2.75) is 43.9 Å². The van der Waals surface area contributed by atoms with E-state index in [0.717, 1.165) is 17.1 Å². The summed E-state index contributed by atoms with van der Waals surface area (Å²) in [6.07, 6.45) is 5.86. The smallest absolute Gasteiger partial charge is 0.264 e. The highest BCUT2D eigenvalue weighted by atomic mass is 32.2.